The van der Waals surface area contributed by atoms with Crippen LogP contribution in [0.5, 0.6) is 0 Å². The van der Waals surface area contributed by atoms with Gasteiger partial charge in [0.2, 0.25) is 0 Å². The van der Waals surface area contributed by atoms with Crippen LogP contribution >= 0.6 is 0 Å². The summed E-state index contributed by atoms with van der Waals surface area (Å²) in [6, 6.07) is 19.6. The first-order valence-corrected chi connectivity index (χ1v) is 9.33. The van der Waals surface area contributed by atoms with Gasteiger partial charge in [-0.15, -0.1) is 0 Å². The number of hydrogen-bond acceptors (Lipinski definition) is 2. The zero-order chi connectivity index (χ0) is 20.4. The third kappa shape index (κ3) is 3.96. The third-order valence-electron chi connectivity index (χ3n) is 4.79. The first-order chi connectivity index (χ1) is 14.0. The molecule has 0 unspecified atom stereocenters. The maximum atomic E-state index is 13.1. The molecule has 0 spiro atoms. The summed E-state index contributed by atoms with van der Waals surface area (Å²) in [4.78, 5) is 13.0. The molecule has 1 N–H and O–H groups in total. The van der Waals surface area contributed by atoms with Crippen LogP contribution in [0.25, 0.3) is 17.1 Å². The second-order valence-electron chi connectivity index (χ2n) is 6.98. The van der Waals surface area contributed by atoms with Crippen LogP contribution in [0.3, 0.4) is 0 Å². The molecule has 0 saturated heterocycles. The van der Waals surface area contributed by atoms with Crippen LogP contribution in [0.2, 0.25) is 0 Å². The van der Waals surface area contributed by atoms with Crippen molar-refractivity contribution in [3.05, 3.63) is 95.6 Å². The monoisotopic (exact) mass is 388 g/mol. The van der Waals surface area contributed by atoms with Crippen molar-refractivity contribution < 1.29 is 9.18 Å². The van der Waals surface area contributed by atoms with Gasteiger partial charge in [0.1, 0.15) is 17.2 Å². The summed E-state index contributed by atoms with van der Waals surface area (Å²) in [5.41, 5.74) is 4.83. The highest BCUT2D eigenvalue weighted by Crippen LogP contribution is 2.22. The first-order valence-electron chi connectivity index (χ1n) is 9.33. The summed E-state index contributed by atoms with van der Waals surface area (Å²) in [6.07, 6.45) is 1.94. The van der Waals surface area contributed by atoms with Crippen molar-refractivity contribution in [3.8, 4) is 17.1 Å². The predicted molar refractivity (Wildman–Crippen MR) is 110 cm³/mol. The highest BCUT2D eigenvalue weighted by molar-refractivity contribution is 5.94. The largest absolute Gasteiger partial charge is 0.349 e. The molecule has 6 heteroatoms. The van der Waals surface area contributed by atoms with E-state index in [9.17, 15) is 9.18 Å². The lowest BCUT2D eigenvalue weighted by atomic mass is 10.2. The Balaban J connectivity index is 1.67. The van der Waals surface area contributed by atoms with Crippen LogP contribution in [-0.2, 0) is 13.6 Å². The molecule has 1 amide bonds. The Morgan fingerprint density at radius 3 is 2.45 bits per heavy atom. The van der Waals surface area contributed by atoms with E-state index in [0.717, 1.165) is 22.5 Å². The van der Waals surface area contributed by atoms with Crippen molar-refractivity contribution in [2.45, 2.75) is 13.5 Å². The number of hydrogen-bond donors (Lipinski definition) is 1. The number of benzene rings is 2. The van der Waals surface area contributed by atoms with Gasteiger partial charge in [0.15, 0.2) is 0 Å². The lowest BCUT2D eigenvalue weighted by Gasteiger charge is -2.09. The molecule has 0 fully saturated rings. The van der Waals surface area contributed by atoms with E-state index in [1.54, 1.807) is 22.9 Å². The molecule has 0 aliphatic heterocycles. The van der Waals surface area contributed by atoms with E-state index >= 15 is 0 Å². The number of aryl methyl sites for hydroxylation is 2. The van der Waals surface area contributed by atoms with E-state index in [0.29, 0.717) is 17.9 Å². The Morgan fingerprint density at radius 1 is 1.07 bits per heavy atom. The zero-order valence-electron chi connectivity index (χ0n) is 16.3. The Hall–Kier alpha value is -3.67. The number of carbonyl (C=O) groups excluding carboxylic acids is 1. The fraction of sp³-hybridized carbons (Fsp3) is 0.130. The molecule has 0 radical (unpaired) electrons. The van der Waals surface area contributed by atoms with Crippen LogP contribution in [0.1, 0.15) is 21.6 Å². The Bertz CT molecular complexity index is 1140. The van der Waals surface area contributed by atoms with Gasteiger partial charge >= 0.3 is 0 Å². The summed E-state index contributed by atoms with van der Waals surface area (Å²) < 4.78 is 16.7. The average Bonchev–Trinajstić information content (AvgIpc) is 3.34. The average molecular weight is 388 g/mol. The lowest BCUT2D eigenvalue weighted by Crippen LogP contribution is -2.25. The minimum Gasteiger partial charge on any atom is -0.349 e. The molecule has 2 aromatic carbocycles. The number of aromatic nitrogens is 3. The molecule has 4 aromatic rings. The van der Waals surface area contributed by atoms with Crippen molar-refractivity contribution in [3.63, 3.8) is 0 Å². The summed E-state index contributed by atoms with van der Waals surface area (Å²) >= 11 is 0. The predicted octanol–water partition coefficient (Wildman–Crippen LogP) is 4.26. The highest BCUT2D eigenvalue weighted by atomic mass is 19.1. The van der Waals surface area contributed by atoms with Gasteiger partial charge < -0.3 is 9.88 Å². The van der Waals surface area contributed by atoms with Gasteiger partial charge in [0.25, 0.3) is 5.91 Å². The Kier molecular flexibility index (Phi) is 4.99. The summed E-state index contributed by atoms with van der Waals surface area (Å²) in [5, 5.41) is 7.59. The van der Waals surface area contributed by atoms with E-state index in [2.05, 4.69) is 10.4 Å². The topological polar surface area (TPSA) is 51.9 Å². The van der Waals surface area contributed by atoms with Crippen LogP contribution in [0.4, 0.5) is 4.39 Å². The normalized spacial score (nSPS) is 10.9. The minimum atomic E-state index is -0.301. The summed E-state index contributed by atoms with van der Waals surface area (Å²) in [5.74, 6) is -0.549. The fourth-order valence-corrected chi connectivity index (χ4v) is 3.15. The number of carbonyl (C=O) groups is 1. The molecular weight excluding hydrogens is 367 g/mol. The molecule has 0 aliphatic carbocycles. The van der Waals surface area contributed by atoms with E-state index < -0.39 is 0 Å². The van der Waals surface area contributed by atoms with Gasteiger partial charge in [-0.3, -0.25) is 4.79 Å². The molecule has 29 heavy (non-hydrogen) atoms. The highest BCUT2D eigenvalue weighted by Gasteiger charge is 2.18. The summed E-state index contributed by atoms with van der Waals surface area (Å²) in [6.45, 7) is 2.32. The van der Waals surface area contributed by atoms with Gasteiger partial charge in [0, 0.05) is 19.8 Å². The number of nitrogens with zero attached hydrogens (tertiary/aromatic N) is 3. The van der Waals surface area contributed by atoms with Crippen LogP contribution in [0.15, 0.2) is 72.9 Å². The summed E-state index contributed by atoms with van der Waals surface area (Å²) in [7, 11) is 1.94. The van der Waals surface area contributed by atoms with Crippen LogP contribution in [-0.4, -0.2) is 20.3 Å². The molecule has 5 nitrogen and oxygen atoms in total. The third-order valence-corrected chi connectivity index (χ3v) is 4.79. The van der Waals surface area contributed by atoms with Crippen LogP contribution in [0, 0.1) is 12.7 Å². The van der Waals surface area contributed by atoms with Crippen molar-refractivity contribution in [1.29, 1.82) is 0 Å². The lowest BCUT2D eigenvalue weighted by molar-refractivity contribution is 0.0943. The molecule has 0 atom stereocenters. The van der Waals surface area contributed by atoms with Crippen molar-refractivity contribution in [2.24, 2.45) is 7.05 Å². The number of halogens is 1. The molecule has 0 aliphatic rings. The fourth-order valence-electron chi connectivity index (χ4n) is 3.15. The number of rotatable bonds is 5. The standard InChI is InChI=1S/C23H21FN4O/c1-16-5-11-19(12-6-16)28-22(14-20(26-28)21-4-3-13-27(21)2)23(29)25-15-17-7-9-18(24)10-8-17/h3-14H,15H2,1-2H3,(H,25,29). The van der Waals surface area contributed by atoms with Crippen LogP contribution < -0.4 is 5.32 Å². The van der Waals surface area contributed by atoms with E-state index in [-0.39, 0.29) is 11.7 Å². The first kappa shape index (κ1) is 18.7. The number of amides is 1. The minimum absolute atomic E-state index is 0.247. The molecule has 2 aromatic heterocycles. The molecule has 2 heterocycles. The Morgan fingerprint density at radius 2 is 1.79 bits per heavy atom. The van der Waals surface area contributed by atoms with E-state index in [4.69, 9.17) is 0 Å². The second kappa shape index (κ2) is 7.75. The number of nitrogens with one attached hydrogen (secondary N) is 1. The van der Waals surface area contributed by atoms with Gasteiger partial charge in [0.05, 0.1) is 11.4 Å². The van der Waals surface area contributed by atoms with E-state index in [1.165, 1.54) is 12.1 Å². The van der Waals surface area contributed by atoms with Gasteiger partial charge in [-0.25, -0.2) is 9.07 Å². The maximum Gasteiger partial charge on any atom is 0.270 e. The van der Waals surface area contributed by atoms with Crippen molar-refractivity contribution in [1.82, 2.24) is 19.7 Å². The van der Waals surface area contributed by atoms with Crippen molar-refractivity contribution in [2.75, 3.05) is 0 Å². The maximum absolute atomic E-state index is 13.1. The van der Waals surface area contributed by atoms with Gasteiger partial charge in [-0.1, -0.05) is 29.8 Å². The van der Waals surface area contributed by atoms with Gasteiger partial charge in [-0.05, 0) is 55.0 Å². The zero-order valence-corrected chi connectivity index (χ0v) is 16.3. The molecule has 146 valence electrons. The van der Waals surface area contributed by atoms with E-state index in [1.807, 2.05) is 61.1 Å². The van der Waals surface area contributed by atoms with Gasteiger partial charge in [-0.2, -0.15) is 5.10 Å². The smallest absolute Gasteiger partial charge is 0.270 e. The SMILES string of the molecule is Cc1ccc(-n2nc(-c3cccn3C)cc2C(=O)NCc2ccc(F)cc2)cc1. The molecule has 0 saturated carbocycles. The Labute approximate surface area is 168 Å². The molecule has 4 rings (SSSR count). The van der Waals surface area contributed by atoms with Crippen molar-refractivity contribution >= 4 is 5.91 Å². The quantitative estimate of drug-likeness (QED) is 0.556. The molecular formula is C23H21FN4O. The molecule has 0 bridgehead atoms. The second-order valence-corrected chi connectivity index (χ2v) is 6.98.